The number of ether oxygens (including phenoxy) is 1. The van der Waals surface area contributed by atoms with Gasteiger partial charge in [0, 0.05) is 24.4 Å². The van der Waals surface area contributed by atoms with Crippen molar-refractivity contribution in [2.45, 2.75) is 24.7 Å². The largest absolute Gasteiger partial charge is 0.452 e. The topological polar surface area (TPSA) is 81.2 Å². The number of hydrogen-bond donors (Lipinski definition) is 1. The number of amides is 1. The summed E-state index contributed by atoms with van der Waals surface area (Å²) in [4.78, 5) is 32.8. The molecule has 3 aromatic rings. The Kier molecular flexibility index (Phi) is 5.02. The van der Waals surface area contributed by atoms with E-state index in [1.807, 2.05) is 18.2 Å². The van der Waals surface area contributed by atoms with Crippen molar-refractivity contribution in [3.8, 4) is 0 Å². The second kappa shape index (κ2) is 7.76. The fraction of sp³-hybridized carbons (Fsp3) is 0.273. The van der Waals surface area contributed by atoms with Gasteiger partial charge in [0.05, 0.1) is 16.6 Å². The van der Waals surface area contributed by atoms with Crippen molar-refractivity contribution in [1.82, 2.24) is 15.3 Å². The first kappa shape index (κ1) is 18.1. The quantitative estimate of drug-likeness (QED) is 0.670. The third-order valence-corrected chi connectivity index (χ3v) is 5.36. The van der Waals surface area contributed by atoms with E-state index in [0.29, 0.717) is 23.1 Å². The Morgan fingerprint density at radius 1 is 1.00 bits per heavy atom. The highest BCUT2D eigenvalue weighted by atomic mass is 16.5. The van der Waals surface area contributed by atoms with Crippen molar-refractivity contribution in [1.29, 1.82) is 0 Å². The molecule has 2 aromatic carbocycles. The van der Waals surface area contributed by atoms with E-state index < -0.39 is 5.97 Å². The maximum Gasteiger partial charge on any atom is 0.338 e. The van der Waals surface area contributed by atoms with E-state index in [1.54, 1.807) is 30.6 Å². The molecule has 28 heavy (non-hydrogen) atoms. The summed E-state index contributed by atoms with van der Waals surface area (Å²) in [5.41, 5.74) is 2.90. The van der Waals surface area contributed by atoms with Gasteiger partial charge in [0.25, 0.3) is 5.91 Å². The minimum atomic E-state index is -0.552. The van der Waals surface area contributed by atoms with Crippen LogP contribution in [0.1, 0.15) is 35.2 Å². The lowest BCUT2D eigenvalue weighted by Gasteiger charge is -2.42. The molecule has 1 amide bonds. The minimum Gasteiger partial charge on any atom is -0.452 e. The van der Waals surface area contributed by atoms with E-state index in [-0.39, 0.29) is 17.9 Å². The molecule has 1 N–H and O–H groups in total. The van der Waals surface area contributed by atoms with Crippen molar-refractivity contribution < 1.29 is 14.3 Å². The maximum absolute atomic E-state index is 12.2. The van der Waals surface area contributed by atoms with Gasteiger partial charge >= 0.3 is 5.97 Å². The number of hydrogen-bond acceptors (Lipinski definition) is 5. The lowest BCUT2D eigenvalue weighted by Crippen LogP contribution is -2.46. The molecule has 1 saturated carbocycles. The maximum atomic E-state index is 12.2. The van der Waals surface area contributed by atoms with Crippen LogP contribution in [0.5, 0.6) is 0 Å². The smallest absolute Gasteiger partial charge is 0.338 e. The molecule has 142 valence electrons. The molecule has 0 aliphatic heterocycles. The zero-order valence-corrected chi connectivity index (χ0v) is 15.4. The molecule has 6 nitrogen and oxygen atoms in total. The predicted octanol–water partition coefficient (Wildman–Crippen LogP) is 3.02. The van der Waals surface area contributed by atoms with E-state index in [4.69, 9.17) is 4.74 Å². The van der Waals surface area contributed by atoms with Gasteiger partial charge in [-0.3, -0.25) is 14.8 Å². The molecule has 0 bridgehead atoms. The minimum absolute atomic E-state index is 0.00204. The third-order valence-electron chi connectivity index (χ3n) is 5.36. The highest BCUT2D eigenvalue weighted by Gasteiger charge is 2.38. The fourth-order valence-electron chi connectivity index (χ4n) is 3.59. The van der Waals surface area contributed by atoms with Gasteiger partial charge in [-0.1, -0.05) is 36.8 Å². The number of nitrogens with one attached hydrogen (secondary N) is 1. The molecule has 1 aliphatic rings. The van der Waals surface area contributed by atoms with Gasteiger partial charge < -0.3 is 10.1 Å². The van der Waals surface area contributed by atoms with Gasteiger partial charge in [0.1, 0.15) is 0 Å². The number of nitrogens with zero attached hydrogens (tertiary/aromatic N) is 2. The second-order valence-corrected chi connectivity index (χ2v) is 7.11. The molecule has 1 heterocycles. The first-order valence-electron chi connectivity index (χ1n) is 9.36. The average Bonchev–Trinajstić information content (AvgIpc) is 2.71. The van der Waals surface area contributed by atoms with Crippen LogP contribution in [-0.2, 0) is 14.9 Å². The number of carbonyl (C=O) groups excluding carboxylic acids is 2. The SMILES string of the molecule is O=C(COC(=O)c1ccc2nccnc2c1)NCC1(c2ccccc2)CCC1. The first-order valence-corrected chi connectivity index (χ1v) is 9.36. The molecule has 0 radical (unpaired) electrons. The monoisotopic (exact) mass is 375 g/mol. The lowest BCUT2D eigenvalue weighted by atomic mass is 9.64. The zero-order valence-electron chi connectivity index (χ0n) is 15.4. The molecule has 1 fully saturated rings. The number of fused-ring (bicyclic) bond motifs is 1. The second-order valence-electron chi connectivity index (χ2n) is 7.11. The van der Waals surface area contributed by atoms with Crippen molar-refractivity contribution >= 4 is 22.9 Å². The Morgan fingerprint density at radius 2 is 1.75 bits per heavy atom. The Hall–Kier alpha value is -3.28. The van der Waals surface area contributed by atoms with E-state index in [9.17, 15) is 9.59 Å². The molecule has 1 aliphatic carbocycles. The average molecular weight is 375 g/mol. The fourth-order valence-corrected chi connectivity index (χ4v) is 3.59. The van der Waals surface area contributed by atoms with Crippen LogP contribution in [0.4, 0.5) is 0 Å². The zero-order chi connectivity index (χ0) is 19.4. The van der Waals surface area contributed by atoms with Gasteiger partial charge in [-0.05, 0) is 36.6 Å². The molecular formula is C22H21N3O3. The molecule has 1 aromatic heterocycles. The molecule has 6 heteroatoms. The molecule has 0 unspecified atom stereocenters. The Balaban J connectivity index is 1.32. The Morgan fingerprint density at radius 3 is 2.46 bits per heavy atom. The number of carbonyl (C=O) groups is 2. The van der Waals surface area contributed by atoms with E-state index in [2.05, 4.69) is 27.4 Å². The highest BCUT2D eigenvalue weighted by Crippen LogP contribution is 2.43. The van der Waals surface area contributed by atoms with Crippen LogP contribution in [-0.4, -0.2) is 35.0 Å². The third kappa shape index (κ3) is 3.71. The van der Waals surface area contributed by atoms with Crippen LogP contribution in [0.3, 0.4) is 0 Å². The first-order chi connectivity index (χ1) is 13.7. The summed E-state index contributed by atoms with van der Waals surface area (Å²) < 4.78 is 5.16. The van der Waals surface area contributed by atoms with Gasteiger partial charge in [-0.25, -0.2) is 4.79 Å². The van der Waals surface area contributed by atoms with Crippen LogP contribution in [0.2, 0.25) is 0 Å². The van der Waals surface area contributed by atoms with E-state index >= 15 is 0 Å². The molecule has 0 saturated heterocycles. The highest BCUT2D eigenvalue weighted by molar-refractivity contribution is 5.94. The van der Waals surface area contributed by atoms with Crippen LogP contribution in [0, 0.1) is 0 Å². The number of esters is 1. The summed E-state index contributed by atoms with van der Waals surface area (Å²) in [5, 5.41) is 2.92. The summed E-state index contributed by atoms with van der Waals surface area (Å²) in [6.07, 6.45) is 6.41. The van der Waals surface area contributed by atoms with Gasteiger partial charge in [0.15, 0.2) is 6.61 Å². The summed E-state index contributed by atoms with van der Waals surface area (Å²) in [6, 6.07) is 15.2. The summed E-state index contributed by atoms with van der Waals surface area (Å²) in [7, 11) is 0. The normalized spacial score (nSPS) is 14.9. The van der Waals surface area contributed by atoms with E-state index in [0.717, 1.165) is 19.3 Å². The van der Waals surface area contributed by atoms with Crippen LogP contribution < -0.4 is 5.32 Å². The van der Waals surface area contributed by atoms with Crippen LogP contribution in [0.15, 0.2) is 60.9 Å². The van der Waals surface area contributed by atoms with Crippen molar-refractivity contribution in [3.05, 3.63) is 72.1 Å². The van der Waals surface area contributed by atoms with E-state index in [1.165, 1.54) is 5.56 Å². The van der Waals surface area contributed by atoms with Gasteiger partial charge in [-0.2, -0.15) is 0 Å². The standard InChI is InChI=1S/C22H21N3O3/c26-20(25-15-22(9-4-10-22)17-5-2-1-3-6-17)14-28-21(27)16-7-8-18-19(13-16)24-12-11-23-18/h1-3,5-8,11-13H,4,9-10,14-15H2,(H,25,26). The number of rotatable bonds is 6. The molecular weight excluding hydrogens is 354 g/mol. The Bertz CT molecular complexity index is 1000. The van der Waals surface area contributed by atoms with Crippen LogP contribution in [0.25, 0.3) is 11.0 Å². The van der Waals surface area contributed by atoms with Crippen LogP contribution >= 0.6 is 0 Å². The van der Waals surface area contributed by atoms with Gasteiger partial charge in [-0.15, -0.1) is 0 Å². The Labute approximate surface area is 163 Å². The van der Waals surface area contributed by atoms with Crippen molar-refractivity contribution in [2.75, 3.05) is 13.2 Å². The molecule has 0 atom stereocenters. The summed E-state index contributed by atoms with van der Waals surface area (Å²) >= 11 is 0. The summed E-state index contributed by atoms with van der Waals surface area (Å²) in [5.74, 6) is -0.847. The molecule has 0 spiro atoms. The number of benzene rings is 2. The van der Waals surface area contributed by atoms with Crippen molar-refractivity contribution in [2.24, 2.45) is 0 Å². The number of aromatic nitrogens is 2. The lowest BCUT2D eigenvalue weighted by molar-refractivity contribution is -0.124. The summed E-state index contributed by atoms with van der Waals surface area (Å²) in [6.45, 7) is 0.251. The predicted molar refractivity (Wildman–Crippen MR) is 105 cm³/mol. The van der Waals surface area contributed by atoms with Gasteiger partial charge in [0.2, 0.25) is 0 Å². The molecule has 4 rings (SSSR count). The van der Waals surface area contributed by atoms with Crippen molar-refractivity contribution in [3.63, 3.8) is 0 Å².